The summed E-state index contributed by atoms with van der Waals surface area (Å²) in [4.78, 5) is 23.1. The summed E-state index contributed by atoms with van der Waals surface area (Å²) >= 11 is 0. The van der Waals surface area contributed by atoms with Crippen LogP contribution in [0.5, 0.6) is 0 Å². The van der Waals surface area contributed by atoms with Gasteiger partial charge in [-0.15, -0.1) is 0 Å². The number of carbonyl (C=O) groups excluding carboxylic acids is 2. The molecule has 3 N–H and O–H groups in total. The molecule has 1 saturated heterocycles. The average molecular weight is 297 g/mol. The van der Waals surface area contributed by atoms with Crippen molar-refractivity contribution in [3.8, 4) is 0 Å². The average Bonchev–Trinajstić information content (AvgIpc) is 2.38. The van der Waals surface area contributed by atoms with E-state index in [0.29, 0.717) is 0 Å². The SMILES string of the molecule is CCC1C(=O)NC(=O)CN1S(=O)(=O)c1ccccc1N. The third-order valence-corrected chi connectivity index (χ3v) is 5.03. The molecule has 0 aliphatic carbocycles. The highest BCUT2D eigenvalue weighted by atomic mass is 32.2. The van der Waals surface area contributed by atoms with Crippen molar-refractivity contribution in [1.82, 2.24) is 9.62 Å². The Morgan fingerprint density at radius 1 is 1.35 bits per heavy atom. The van der Waals surface area contributed by atoms with Gasteiger partial charge < -0.3 is 5.73 Å². The largest absolute Gasteiger partial charge is 0.398 e. The van der Waals surface area contributed by atoms with Crippen molar-refractivity contribution in [3.63, 3.8) is 0 Å². The predicted molar refractivity (Wildman–Crippen MR) is 72.0 cm³/mol. The second-order valence-electron chi connectivity index (χ2n) is 4.42. The number of nitrogens with one attached hydrogen (secondary N) is 1. The zero-order valence-electron chi connectivity index (χ0n) is 10.9. The van der Waals surface area contributed by atoms with Crippen LogP contribution in [0.3, 0.4) is 0 Å². The highest BCUT2D eigenvalue weighted by molar-refractivity contribution is 7.89. The van der Waals surface area contributed by atoms with E-state index in [1.807, 2.05) is 0 Å². The molecule has 0 bridgehead atoms. The Labute approximate surface area is 116 Å². The van der Waals surface area contributed by atoms with Crippen LogP contribution in [0, 0.1) is 0 Å². The molecule has 8 heteroatoms. The Bertz CT molecular complexity index is 656. The Morgan fingerprint density at radius 2 is 2.00 bits per heavy atom. The number of amides is 2. The highest BCUT2D eigenvalue weighted by Crippen LogP contribution is 2.25. The molecule has 2 rings (SSSR count). The molecule has 108 valence electrons. The van der Waals surface area contributed by atoms with E-state index >= 15 is 0 Å². The molecular weight excluding hydrogens is 282 g/mol. The molecule has 1 aromatic rings. The first-order valence-electron chi connectivity index (χ1n) is 6.08. The molecule has 1 aromatic carbocycles. The lowest BCUT2D eigenvalue weighted by molar-refractivity contribution is -0.137. The van der Waals surface area contributed by atoms with Gasteiger partial charge in [-0.05, 0) is 18.6 Å². The van der Waals surface area contributed by atoms with E-state index in [-0.39, 0.29) is 23.5 Å². The molecule has 0 saturated carbocycles. The number of piperazine rings is 1. The van der Waals surface area contributed by atoms with E-state index in [0.717, 1.165) is 4.31 Å². The minimum atomic E-state index is -3.99. The predicted octanol–water partition coefficient (Wildman–Crippen LogP) is -0.305. The number of anilines is 1. The maximum absolute atomic E-state index is 12.6. The number of para-hydroxylation sites is 1. The van der Waals surface area contributed by atoms with E-state index in [1.165, 1.54) is 18.2 Å². The zero-order chi connectivity index (χ0) is 14.9. The second-order valence-corrected chi connectivity index (χ2v) is 6.28. The monoisotopic (exact) mass is 297 g/mol. The molecule has 1 unspecified atom stereocenters. The minimum Gasteiger partial charge on any atom is -0.398 e. The van der Waals surface area contributed by atoms with Crippen LogP contribution in [0.15, 0.2) is 29.2 Å². The maximum atomic E-state index is 12.6. The van der Waals surface area contributed by atoms with Crippen LogP contribution >= 0.6 is 0 Å². The molecular formula is C12H15N3O4S. The van der Waals surface area contributed by atoms with Crippen LogP contribution in [0.2, 0.25) is 0 Å². The molecule has 1 aliphatic heterocycles. The minimum absolute atomic E-state index is 0.0841. The lowest BCUT2D eigenvalue weighted by atomic mass is 10.2. The first-order valence-corrected chi connectivity index (χ1v) is 7.52. The zero-order valence-corrected chi connectivity index (χ0v) is 11.7. The van der Waals surface area contributed by atoms with Crippen molar-refractivity contribution in [1.29, 1.82) is 0 Å². The number of nitrogen functional groups attached to an aromatic ring is 1. The molecule has 1 aliphatic rings. The number of nitrogens with two attached hydrogens (primary N) is 1. The van der Waals surface area contributed by atoms with Crippen molar-refractivity contribution in [2.24, 2.45) is 0 Å². The van der Waals surface area contributed by atoms with Gasteiger partial charge in [-0.3, -0.25) is 14.9 Å². The first kappa shape index (κ1) is 14.5. The molecule has 1 heterocycles. The molecule has 1 atom stereocenters. The number of carbonyl (C=O) groups is 2. The third kappa shape index (κ3) is 2.39. The van der Waals surface area contributed by atoms with Gasteiger partial charge in [0, 0.05) is 0 Å². The lowest BCUT2D eigenvalue weighted by Gasteiger charge is -2.32. The van der Waals surface area contributed by atoms with Crippen LogP contribution in [0.25, 0.3) is 0 Å². The highest BCUT2D eigenvalue weighted by Gasteiger charge is 2.41. The molecule has 0 radical (unpaired) electrons. The topological polar surface area (TPSA) is 110 Å². The Hall–Kier alpha value is -1.93. The number of hydrogen-bond acceptors (Lipinski definition) is 5. The summed E-state index contributed by atoms with van der Waals surface area (Å²) in [6, 6.07) is 5.06. The molecule has 20 heavy (non-hydrogen) atoms. The van der Waals surface area contributed by atoms with Gasteiger partial charge in [0.15, 0.2) is 0 Å². The van der Waals surface area contributed by atoms with E-state index in [9.17, 15) is 18.0 Å². The molecule has 7 nitrogen and oxygen atoms in total. The van der Waals surface area contributed by atoms with Gasteiger partial charge in [-0.1, -0.05) is 19.1 Å². The van der Waals surface area contributed by atoms with Crippen molar-refractivity contribution in [2.45, 2.75) is 24.3 Å². The summed E-state index contributed by atoms with van der Waals surface area (Å²) in [5.74, 6) is -1.25. The van der Waals surface area contributed by atoms with Crippen molar-refractivity contribution >= 4 is 27.5 Å². The molecule has 2 amide bonds. The van der Waals surface area contributed by atoms with Crippen LogP contribution in [0.4, 0.5) is 5.69 Å². The van der Waals surface area contributed by atoms with E-state index < -0.39 is 27.9 Å². The Kier molecular flexibility index (Phi) is 3.78. The normalized spacial score (nSPS) is 20.8. The van der Waals surface area contributed by atoms with Gasteiger partial charge in [0.05, 0.1) is 12.2 Å². The van der Waals surface area contributed by atoms with Crippen molar-refractivity contribution < 1.29 is 18.0 Å². The smallest absolute Gasteiger partial charge is 0.246 e. The van der Waals surface area contributed by atoms with E-state index in [4.69, 9.17) is 5.73 Å². The number of benzene rings is 1. The van der Waals surface area contributed by atoms with Gasteiger partial charge in [0.25, 0.3) is 0 Å². The van der Waals surface area contributed by atoms with E-state index in [2.05, 4.69) is 5.32 Å². The summed E-state index contributed by atoms with van der Waals surface area (Å²) in [5, 5.41) is 2.13. The van der Waals surface area contributed by atoms with Crippen molar-refractivity contribution in [3.05, 3.63) is 24.3 Å². The van der Waals surface area contributed by atoms with E-state index in [1.54, 1.807) is 13.0 Å². The number of hydrogen-bond donors (Lipinski definition) is 2. The third-order valence-electron chi connectivity index (χ3n) is 3.10. The summed E-state index contributed by atoms with van der Waals surface area (Å²) < 4.78 is 26.1. The number of imide groups is 1. The van der Waals surface area contributed by atoms with Crippen molar-refractivity contribution in [2.75, 3.05) is 12.3 Å². The molecule has 1 fully saturated rings. The maximum Gasteiger partial charge on any atom is 0.246 e. The number of nitrogens with zero attached hydrogens (tertiary/aromatic N) is 1. The fourth-order valence-electron chi connectivity index (χ4n) is 2.13. The van der Waals surface area contributed by atoms with Gasteiger partial charge in [-0.2, -0.15) is 4.31 Å². The lowest BCUT2D eigenvalue weighted by Crippen LogP contribution is -2.59. The summed E-state index contributed by atoms with van der Waals surface area (Å²) in [6.45, 7) is 1.29. The molecule has 0 aromatic heterocycles. The summed E-state index contributed by atoms with van der Waals surface area (Å²) in [6.07, 6.45) is 0.269. The fraction of sp³-hybridized carbons (Fsp3) is 0.333. The van der Waals surface area contributed by atoms with Crippen LogP contribution < -0.4 is 11.1 Å². The van der Waals surface area contributed by atoms with Crippen LogP contribution in [-0.2, 0) is 19.6 Å². The standard InChI is InChI=1S/C12H15N3O4S/c1-2-9-12(17)14-11(16)7-15(9)20(18,19)10-6-4-3-5-8(10)13/h3-6,9H,2,7,13H2,1H3,(H,14,16,17). The quantitative estimate of drug-likeness (QED) is 0.587. The second kappa shape index (κ2) is 5.22. The summed E-state index contributed by atoms with van der Waals surface area (Å²) in [5.41, 5.74) is 5.76. The summed E-state index contributed by atoms with van der Waals surface area (Å²) in [7, 11) is -3.99. The Morgan fingerprint density at radius 3 is 2.60 bits per heavy atom. The van der Waals surface area contributed by atoms with Crippen LogP contribution in [-0.4, -0.2) is 37.1 Å². The Balaban J connectivity index is 2.49. The number of sulfonamides is 1. The van der Waals surface area contributed by atoms with Gasteiger partial charge in [-0.25, -0.2) is 8.42 Å². The first-order chi connectivity index (χ1) is 9.37. The van der Waals surface area contributed by atoms with Gasteiger partial charge in [0.1, 0.15) is 10.9 Å². The van der Waals surface area contributed by atoms with Crippen LogP contribution in [0.1, 0.15) is 13.3 Å². The van der Waals surface area contributed by atoms with Gasteiger partial charge in [0.2, 0.25) is 21.8 Å². The molecule has 0 spiro atoms. The number of rotatable bonds is 3. The van der Waals surface area contributed by atoms with Gasteiger partial charge >= 0.3 is 0 Å². The fourth-order valence-corrected chi connectivity index (χ4v) is 3.86.